The Hall–Kier alpha value is -3.15. The molecule has 1 unspecified atom stereocenters. The minimum Gasteiger partial charge on any atom is -0.460 e. The fraction of sp³-hybridized carbons (Fsp3) is 0.375. The summed E-state index contributed by atoms with van der Waals surface area (Å²) in [5, 5.41) is 2.51. The third-order valence-electron chi connectivity index (χ3n) is 4.29. The molecule has 0 bridgehead atoms. The van der Waals surface area contributed by atoms with E-state index in [0.717, 1.165) is 11.1 Å². The molecule has 6 heteroatoms. The zero-order chi connectivity index (χ0) is 22.1. The molecule has 0 fully saturated rings. The van der Waals surface area contributed by atoms with Crippen LogP contribution in [0.3, 0.4) is 0 Å². The smallest absolute Gasteiger partial charge is 0.408 e. The number of alkyl carbamates (subject to hydrolysis) is 1. The number of hydrogen-bond acceptors (Lipinski definition) is 5. The minimum atomic E-state index is -1.04. The monoisotopic (exact) mass is 411 g/mol. The first-order valence-corrected chi connectivity index (χ1v) is 9.93. The van der Waals surface area contributed by atoms with E-state index in [1.54, 1.807) is 20.8 Å². The van der Waals surface area contributed by atoms with E-state index in [0.29, 0.717) is 0 Å². The van der Waals surface area contributed by atoms with E-state index in [-0.39, 0.29) is 13.0 Å². The molecule has 0 aliphatic heterocycles. The van der Waals surface area contributed by atoms with Gasteiger partial charge in [0.1, 0.15) is 18.1 Å². The van der Waals surface area contributed by atoms with Crippen LogP contribution < -0.4 is 5.32 Å². The van der Waals surface area contributed by atoms with E-state index in [4.69, 9.17) is 9.47 Å². The summed E-state index contributed by atoms with van der Waals surface area (Å²) in [5.74, 6) is -2.09. The van der Waals surface area contributed by atoms with Crippen molar-refractivity contribution in [1.82, 2.24) is 5.32 Å². The summed E-state index contributed by atoms with van der Waals surface area (Å²) in [5.41, 5.74) is 0.971. The van der Waals surface area contributed by atoms with Crippen LogP contribution >= 0.6 is 0 Å². The molecule has 2 aromatic carbocycles. The van der Waals surface area contributed by atoms with Gasteiger partial charge in [-0.3, -0.25) is 9.59 Å². The number of carbonyl (C=O) groups excluding carboxylic acids is 3. The first kappa shape index (κ1) is 23.1. The highest BCUT2D eigenvalue weighted by Crippen LogP contribution is 2.16. The lowest BCUT2D eigenvalue weighted by molar-refractivity contribution is -0.153. The van der Waals surface area contributed by atoms with Crippen LogP contribution in [-0.2, 0) is 32.1 Å². The van der Waals surface area contributed by atoms with Crippen LogP contribution in [0, 0.1) is 5.92 Å². The second-order valence-corrected chi connectivity index (χ2v) is 8.11. The molecule has 2 atom stereocenters. The van der Waals surface area contributed by atoms with Gasteiger partial charge >= 0.3 is 12.1 Å². The summed E-state index contributed by atoms with van der Waals surface area (Å²) in [7, 11) is 0. The summed E-state index contributed by atoms with van der Waals surface area (Å²) in [4.78, 5) is 37.9. The van der Waals surface area contributed by atoms with Crippen LogP contribution in [0.25, 0.3) is 0 Å². The van der Waals surface area contributed by atoms with Crippen LogP contribution in [0.15, 0.2) is 60.7 Å². The van der Waals surface area contributed by atoms with Gasteiger partial charge < -0.3 is 14.8 Å². The predicted molar refractivity (Wildman–Crippen MR) is 114 cm³/mol. The number of Topliss-reactive ketones (excluding diaryl/α,β-unsaturated/α-hetero) is 1. The van der Waals surface area contributed by atoms with E-state index in [1.807, 2.05) is 60.7 Å². The van der Waals surface area contributed by atoms with Gasteiger partial charge in [-0.2, -0.15) is 0 Å². The van der Waals surface area contributed by atoms with Gasteiger partial charge in [0.05, 0.1) is 6.04 Å². The quantitative estimate of drug-likeness (QED) is 0.523. The zero-order valence-electron chi connectivity index (χ0n) is 17.9. The van der Waals surface area contributed by atoms with Gasteiger partial charge in [0.2, 0.25) is 0 Å². The van der Waals surface area contributed by atoms with Crippen molar-refractivity contribution in [1.29, 1.82) is 0 Å². The van der Waals surface area contributed by atoms with E-state index in [2.05, 4.69) is 5.32 Å². The van der Waals surface area contributed by atoms with Gasteiger partial charge in [-0.1, -0.05) is 60.7 Å². The van der Waals surface area contributed by atoms with Crippen molar-refractivity contribution in [3.63, 3.8) is 0 Å². The van der Waals surface area contributed by atoms with Crippen molar-refractivity contribution in [2.75, 3.05) is 0 Å². The van der Waals surface area contributed by atoms with Gasteiger partial charge in [-0.15, -0.1) is 0 Å². The number of rotatable bonds is 8. The third kappa shape index (κ3) is 7.70. The maximum atomic E-state index is 13.0. The molecule has 160 valence electrons. The molecule has 0 spiro atoms. The number of carbonyl (C=O) groups is 3. The number of hydrogen-bond donors (Lipinski definition) is 1. The lowest BCUT2D eigenvalue weighted by Crippen LogP contribution is -2.46. The Morgan fingerprint density at radius 1 is 0.900 bits per heavy atom. The Morgan fingerprint density at radius 3 is 1.97 bits per heavy atom. The van der Waals surface area contributed by atoms with Gasteiger partial charge in [-0.05, 0) is 45.2 Å². The average molecular weight is 411 g/mol. The number of nitrogens with one attached hydrogen (secondary N) is 1. The van der Waals surface area contributed by atoms with Crippen LogP contribution in [0.5, 0.6) is 0 Å². The highest BCUT2D eigenvalue weighted by atomic mass is 16.6. The maximum Gasteiger partial charge on any atom is 0.408 e. The molecule has 0 aliphatic carbocycles. The van der Waals surface area contributed by atoms with Gasteiger partial charge in [0, 0.05) is 0 Å². The Bertz CT molecular complexity index is 843. The molecule has 1 amide bonds. The van der Waals surface area contributed by atoms with Gasteiger partial charge in [0.25, 0.3) is 0 Å². The lowest BCUT2D eigenvalue weighted by Gasteiger charge is -2.23. The number of ketones is 1. The van der Waals surface area contributed by atoms with Crippen LogP contribution in [-0.4, -0.2) is 29.5 Å². The Morgan fingerprint density at radius 2 is 1.43 bits per heavy atom. The summed E-state index contributed by atoms with van der Waals surface area (Å²) < 4.78 is 10.6. The SMILES string of the molecule is C[C@H](NC(=O)OC(C)(C)C)C(=O)C(Cc1ccccc1)C(=O)OCc1ccccc1. The van der Waals surface area contributed by atoms with Crippen molar-refractivity contribution in [3.8, 4) is 0 Å². The first-order valence-electron chi connectivity index (χ1n) is 9.93. The fourth-order valence-electron chi connectivity index (χ4n) is 2.84. The second-order valence-electron chi connectivity index (χ2n) is 8.11. The van der Waals surface area contributed by atoms with Crippen molar-refractivity contribution in [2.24, 2.45) is 5.92 Å². The minimum absolute atomic E-state index is 0.0755. The lowest BCUT2D eigenvalue weighted by atomic mass is 9.92. The molecule has 0 heterocycles. The number of ether oxygens (including phenoxy) is 2. The molecule has 0 aromatic heterocycles. The molecular formula is C24H29NO5. The third-order valence-corrected chi connectivity index (χ3v) is 4.29. The molecule has 0 aliphatic rings. The number of esters is 1. The predicted octanol–water partition coefficient (Wildman–Crippen LogP) is 4.07. The molecular weight excluding hydrogens is 382 g/mol. The van der Waals surface area contributed by atoms with Crippen molar-refractivity contribution >= 4 is 17.8 Å². The normalized spacial score (nSPS) is 13.1. The van der Waals surface area contributed by atoms with Crippen molar-refractivity contribution < 1.29 is 23.9 Å². The molecule has 0 saturated carbocycles. The Labute approximate surface area is 177 Å². The van der Waals surface area contributed by atoms with Crippen molar-refractivity contribution in [2.45, 2.75) is 52.4 Å². The zero-order valence-corrected chi connectivity index (χ0v) is 17.9. The van der Waals surface area contributed by atoms with E-state index in [1.165, 1.54) is 6.92 Å². The molecule has 30 heavy (non-hydrogen) atoms. The first-order chi connectivity index (χ1) is 14.2. The van der Waals surface area contributed by atoms with Crippen LogP contribution in [0.1, 0.15) is 38.8 Å². The fourth-order valence-corrected chi connectivity index (χ4v) is 2.84. The van der Waals surface area contributed by atoms with E-state index >= 15 is 0 Å². The highest BCUT2D eigenvalue weighted by Gasteiger charge is 2.33. The molecule has 2 aromatic rings. The number of amides is 1. The standard InChI is InChI=1S/C24H29NO5/c1-17(25-23(28)30-24(2,3)4)21(26)20(15-18-11-7-5-8-12-18)22(27)29-16-19-13-9-6-10-14-19/h5-14,17,20H,15-16H2,1-4H3,(H,25,28)/t17-,20?/m0/s1. The molecule has 6 nitrogen and oxygen atoms in total. The Balaban J connectivity index is 2.10. The summed E-state index contributed by atoms with van der Waals surface area (Å²) in [6.07, 6.45) is -0.521. The molecule has 0 radical (unpaired) electrons. The molecule has 2 rings (SSSR count). The molecule has 1 N–H and O–H groups in total. The Kier molecular flexibility index (Phi) is 8.16. The highest BCUT2D eigenvalue weighted by molar-refractivity contribution is 6.02. The summed E-state index contributed by atoms with van der Waals surface area (Å²) in [6.45, 7) is 6.81. The second kappa shape index (κ2) is 10.6. The summed E-state index contributed by atoms with van der Waals surface area (Å²) in [6, 6.07) is 17.6. The average Bonchev–Trinajstić information content (AvgIpc) is 2.69. The van der Waals surface area contributed by atoms with Crippen LogP contribution in [0.2, 0.25) is 0 Å². The topological polar surface area (TPSA) is 81.7 Å². The van der Waals surface area contributed by atoms with Crippen LogP contribution in [0.4, 0.5) is 4.79 Å². The van der Waals surface area contributed by atoms with E-state index < -0.39 is 35.4 Å². The molecule has 0 saturated heterocycles. The van der Waals surface area contributed by atoms with Gasteiger partial charge in [-0.25, -0.2) is 4.79 Å². The largest absolute Gasteiger partial charge is 0.460 e. The summed E-state index contributed by atoms with van der Waals surface area (Å²) >= 11 is 0. The van der Waals surface area contributed by atoms with E-state index in [9.17, 15) is 14.4 Å². The van der Waals surface area contributed by atoms with Crippen molar-refractivity contribution in [3.05, 3.63) is 71.8 Å². The maximum absolute atomic E-state index is 13.0. The van der Waals surface area contributed by atoms with Gasteiger partial charge in [0.15, 0.2) is 5.78 Å². The number of benzene rings is 2.